The lowest BCUT2D eigenvalue weighted by molar-refractivity contribution is -0.115. The van der Waals surface area contributed by atoms with Crippen LogP contribution in [-0.2, 0) is 4.79 Å². The zero-order valence-corrected chi connectivity index (χ0v) is 17.5. The van der Waals surface area contributed by atoms with Crippen molar-refractivity contribution < 1.29 is 18.8 Å². The molecule has 31 heavy (non-hydrogen) atoms. The highest BCUT2D eigenvalue weighted by Crippen LogP contribution is 2.34. The summed E-state index contributed by atoms with van der Waals surface area (Å²) in [5.74, 6) is -1.06. The number of amides is 3. The number of nitrogens with one attached hydrogen (secondary N) is 3. The predicted octanol–water partition coefficient (Wildman–Crippen LogP) is 4.77. The van der Waals surface area contributed by atoms with Crippen LogP contribution in [0.5, 0.6) is 0 Å². The first-order valence-electron chi connectivity index (χ1n) is 9.21. The van der Waals surface area contributed by atoms with E-state index in [9.17, 15) is 14.4 Å². The summed E-state index contributed by atoms with van der Waals surface area (Å²) < 4.78 is 5.95. The Morgan fingerprint density at radius 2 is 1.68 bits per heavy atom. The van der Waals surface area contributed by atoms with E-state index in [4.69, 9.17) is 16.0 Å². The standard InChI is InChI=1S/C22H16ClN3O4S/c23-19-15-7-1-2-9-17(15)31-20(19)22(29)24-12-18(27)25-13-5-3-6-14(11-13)26-21(28)16-8-4-10-30-16/h1-11H,12H2,(H,24,29)(H,25,27)(H,26,28). The number of fused-ring (bicyclic) bond motifs is 1. The number of hydrogen-bond donors (Lipinski definition) is 3. The quantitative estimate of drug-likeness (QED) is 0.391. The maximum Gasteiger partial charge on any atom is 0.291 e. The van der Waals surface area contributed by atoms with Crippen LogP contribution in [0.4, 0.5) is 11.4 Å². The van der Waals surface area contributed by atoms with E-state index in [0.717, 1.165) is 10.1 Å². The van der Waals surface area contributed by atoms with Crippen molar-refractivity contribution in [2.24, 2.45) is 0 Å². The van der Waals surface area contributed by atoms with E-state index >= 15 is 0 Å². The third-order valence-electron chi connectivity index (χ3n) is 4.30. The zero-order valence-electron chi connectivity index (χ0n) is 16.0. The summed E-state index contributed by atoms with van der Waals surface area (Å²) in [5, 5.41) is 9.12. The lowest BCUT2D eigenvalue weighted by Crippen LogP contribution is -2.32. The van der Waals surface area contributed by atoms with Crippen LogP contribution < -0.4 is 16.0 Å². The fourth-order valence-electron chi connectivity index (χ4n) is 2.88. The molecule has 0 atom stereocenters. The van der Waals surface area contributed by atoms with E-state index in [-0.39, 0.29) is 12.3 Å². The van der Waals surface area contributed by atoms with Gasteiger partial charge in [0.15, 0.2) is 5.76 Å². The molecule has 0 bridgehead atoms. The van der Waals surface area contributed by atoms with E-state index < -0.39 is 17.7 Å². The van der Waals surface area contributed by atoms with Crippen molar-refractivity contribution >= 4 is 62.1 Å². The topological polar surface area (TPSA) is 100 Å². The number of anilines is 2. The highest BCUT2D eigenvalue weighted by molar-refractivity contribution is 7.21. The van der Waals surface area contributed by atoms with Crippen LogP contribution in [0.25, 0.3) is 10.1 Å². The summed E-state index contributed by atoms with van der Waals surface area (Å²) in [6.45, 7) is -0.230. The Hall–Kier alpha value is -3.62. The molecule has 0 saturated carbocycles. The maximum atomic E-state index is 12.5. The molecule has 156 valence electrons. The minimum Gasteiger partial charge on any atom is -0.459 e. The van der Waals surface area contributed by atoms with Crippen LogP contribution in [0.2, 0.25) is 5.02 Å². The Balaban J connectivity index is 1.35. The second-order valence-corrected chi connectivity index (χ2v) is 7.91. The average Bonchev–Trinajstić information content (AvgIpc) is 3.41. The van der Waals surface area contributed by atoms with Gasteiger partial charge in [-0.25, -0.2) is 0 Å². The number of carbonyl (C=O) groups excluding carboxylic acids is 3. The van der Waals surface area contributed by atoms with Gasteiger partial charge >= 0.3 is 0 Å². The molecule has 0 aliphatic heterocycles. The van der Waals surface area contributed by atoms with Gasteiger partial charge in [0.2, 0.25) is 5.91 Å². The van der Waals surface area contributed by atoms with Crippen molar-refractivity contribution in [1.82, 2.24) is 5.32 Å². The largest absolute Gasteiger partial charge is 0.459 e. The first kappa shape index (κ1) is 20.6. The van der Waals surface area contributed by atoms with Crippen molar-refractivity contribution in [2.45, 2.75) is 0 Å². The molecule has 0 unspecified atom stereocenters. The molecule has 2 aromatic heterocycles. The third kappa shape index (κ3) is 4.76. The molecule has 0 aliphatic carbocycles. The highest BCUT2D eigenvalue weighted by atomic mass is 35.5. The molecular formula is C22H16ClN3O4S. The molecule has 0 radical (unpaired) electrons. The number of carbonyl (C=O) groups is 3. The molecule has 0 spiro atoms. The Bertz CT molecular complexity index is 1270. The normalized spacial score (nSPS) is 10.6. The summed E-state index contributed by atoms with van der Waals surface area (Å²) in [5.41, 5.74) is 0.955. The lowest BCUT2D eigenvalue weighted by atomic mass is 10.2. The van der Waals surface area contributed by atoms with Gasteiger partial charge in [0.25, 0.3) is 11.8 Å². The number of rotatable bonds is 6. The second-order valence-electron chi connectivity index (χ2n) is 6.48. The average molecular weight is 454 g/mol. The number of hydrogen-bond acceptors (Lipinski definition) is 5. The minimum atomic E-state index is -0.417. The molecule has 4 aromatic rings. The van der Waals surface area contributed by atoms with Crippen LogP contribution in [0.15, 0.2) is 71.3 Å². The molecule has 3 amide bonds. The maximum absolute atomic E-state index is 12.5. The van der Waals surface area contributed by atoms with Crippen molar-refractivity contribution in [1.29, 1.82) is 0 Å². The highest BCUT2D eigenvalue weighted by Gasteiger charge is 2.17. The molecule has 4 rings (SSSR count). The van der Waals surface area contributed by atoms with Crippen LogP contribution in [0, 0.1) is 0 Å². The van der Waals surface area contributed by atoms with Gasteiger partial charge in [0.05, 0.1) is 17.8 Å². The molecule has 0 fully saturated rings. The van der Waals surface area contributed by atoms with Gasteiger partial charge in [-0.15, -0.1) is 11.3 Å². The molecule has 9 heteroatoms. The van der Waals surface area contributed by atoms with Crippen molar-refractivity contribution in [2.75, 3.05) is 17.2 Å². The fraction of sp³-hybridized carbons (Fsp3) is 0.0455. The summed E-state index contributed by atoms with van der Waals surface area (Å²) in [6.07, 6.45) is 1.41. The summed E-state index contributed by atoms with van der Waals surface area (Å²) in [6, 6.07) is 17.2. The Morgan fingerprint density at radius 3 is 2.42 bits per heavy atom. The Morgan fingerprint density at radius 1 is 0.903 bits per heavy atom. The van der Waals surface area contributed by atoms with Crippen molar-refractivity contribution in [3.05, 3.63) is 82.6 Å². The molecule has 2 heterocycles. The lowest BCUT2D eigenvalue weighted by Gasteiger charge is -2.09. The minimum absolute atomic E-state index is 0.178. The van der Waals surface area contributed by atoms with Crippen molar-refractivity contribution in [3.63, 3.8) is 0 Å². The third-order valence-corrected chi connectivity index (χ3v) is 5.97. The number of thiophene rings is 1. The van der Waals surface area contributed by atoms with E-state index in [1.807, 2.05) is 24.3 Å². The number of furan rings is 1. The van der Waals surface area contributed by atoms with Crippen LogP contribution in [0.1, 0.15) is 20.2 Å². The van der Waals surface area contributed by atoms with E-state index in [1.54, 1.807) is 36.4 Å². The fourth-order valence-corrected chi connectivity index (χ4v) is 4.31. The van der Waals surface area contributed by atoms with Gasteiger partial charge in [0, 0.05) is 21.5 Å². The van der Waals surface area contributed by atoms with Gasteiger partial charge < -0.3 is 20.4 Å². The van der Waals surface area contributed by atoms with Gasteiger partial charge in [-0.2, -0.15) is 0 Å². The molecular weight excluding hydrogens is 438 g/mol. The summed E-state index contributed by atoms with van der Waals surface area (Å²) in [7, 11) is 0. The Kier molecular flexibility index (Phi) is 6.01. The zero-order chi connectivity index (χ0) is 21.8. The van der Waals surface area contributed by atoms with Gasteiger partial charge in [-0.1, -0.05) is 35.9 Å². The van der Waals surface area contributed by atoms with Crippen LogP contribution in [-0.4, -0.2) is 24.3 Å². The molecule has 2 aromatic carbocycles. The van der Waals surface area contributed by atoms with Crippen LogP contribution >= 0.6 is 22.9 Å². The molecule has 0 aliphatic rings. The van der Waals surface area contributed by atoms with Crippen LogP contribution in [0.3, 0.4) is 0 Å². The second kappa shape index (κ2) is 9.03. The summed E-state index contributed by atoms with van der Waals surface area (Å²) >= 11 is 7.57. The van der Waals surface area contributed by atoms with Crippen molar-refractivity contribution in [3.8, 4) is 0 Å². The Labute approximate surface area is 186 Å². The molecule has 0 saturated heterocycles. The van der Waals surface area contributed by atoms with E-state index in [1.165, 1.54) is 17.6 Å². The first-order valence-corrected chi connectivity index (χ1v) is 10.4. The first-order chi connectivity index (χ1) is 15.0. The van der Waals surface area contributed by atoms with E-state index in [2.05, 4.69) is 16.0 Å². The van der Waals surface area contributed by atoms with Gasteiger partial charge in [0.1, 0.15) is 4.88 Å². The predicted molar refractivity (Wildman–Crippen MR) is 121 cm³/mol. The smallest absolute Gasteiger partial charge is 0.291 e. The monoisotopic (exact) mass is 453 g/mol. The van der Waals surface area contributed by atoms with E-state index in [0.29, 0.717) is 21.3 Å². The summed E-state index contributed by atoms with van der Waals surface area (Å²) in [4.78, 5) is 37.1. The molecule has 7 nitrogen and oxygen atoms in total. The van der Waals surface area contributed by atoms with Gasteiger partial charge in [-0.3, -0.25) is 14.4 Å². The number of benzene rings is 2. The van der Waals surface area contributed by atoms with Gasteiger partial charge in [-0.05, 0) is 36.4 Å². The number of halogens is 1. The molecule has 3 N–H and O–H groups in total. The SMILES string of the molecule is O=C(CNC(=O)c1sc2ccccc2c1Cl)Nc1cccc(NC(=O)c2ccco2)c1.